The Morgan fingerprint density at radius 1 is 1.17 bits per heavy atom. The zero-order valence-electron chi connectivity index (χ0n) is 20.1. The highest BCUT2D eigenvalue weighted by Crippen LogP contribution is 2.62. The minimum Gasteiger partial charge on any atom is -0.469 e. The molecule has 0 aromatic carbocycles. The second-order valence-electron chi connectivity index (χ2n) is 11.8. The molecule has 1 heterocycles. The molecule has 30 heavy (non-hydrogen) atoms. The Bertz CT molecular complexity index is 597. The van der Waals surface area contributed by atoms with Crippen LogP contribution in [0.4, 0.5) is 0 Å². The number of carbonyl (C=O) groups excluding carboxylic acids is 1. The molecule has 3 heteroatoms. The molecule has 0 aromatic heterocycles. The maximum Gasteiger partial charge on any atom is 0.305 e. The van der Waals surface area contributed by atoms with E-state index in [9.17, 15) is 4.79 Å². The lowest BCUT2D eigenvalue weighted by atomic mass is 9.55. The zero-order valence-corrected chi connectivity index (χ0v) is 20.1. The quantitative estimate of drug-likeness (QED) is 0.322. The van der Waals surface area contributed by atoms with Gasteiger partial charge in [0.1, 0.15) is 0 Å². The van der Waals surface area contributed by atoms with Crippen LogP contribution in [0.3, 0.4) is 0 Å². The molecule has 0 bridgehead atoms. The second kappa shape index (κ2) is 9.12. The van der Waals surface area contributed by atoms with Gasteiger partial charge in [0.05, 0.1) is 19.3 Å². The summed E-state index contributed by atoms with van der Waals surface area (Å²) in [6.07, 6.45) is 16.9. The maximum absolute atomic E-state index is 11.7. The van der Waals surface area contributed by atoms with Crippen LogP contribution in [-0.4, -0.2) is 25.3 Å². The summed E-state index contributed by atoms with van der Waals surface area (Å²) in [7, 11) is 1.51. The average molecular weight is 419 g/mol. The average Bonchev–Trinajstić information content (AvgIpc) is 3.39. The van der Waals surface area contributed by atoms with Gasteiger partial charge in [0, 0.05) is 6.42 Å². The van der Waals surface area contributed by atoms with E-state index >= 15 is 0 Å². The Hall–Kier alpha value is -0.570. The summed E-state index contributed by atoms with van der Waals surface area (Å²) >= 11 is 0. The molecular weight excluding hydrogens is 372 g/mol. The highest BCUT2D eigenvalue weighted by atomic mass is 16.6. The van der Waals surface area contributed by atoms with Gasteiger partial charge < -0.3 is 9.47 Å². The number of rotatable bonds is 8. The van der Waals surface area contributed by atoms with Crippen molar-refractivity contribution in [1.82, 2.24) is 0 Å². The highest BCUT2D eigenvalue weighted by molar-refractivity contribution is 5.69. The normalized spacial score (nSPS) is 43.9. The van der Waals surface area contributed by atoms with Gasteiger partial charge in [-0.2, -0.15) is 0 Å². The number of ether oxygens (including phenoxy) is 2. The van der Waals surface area contributed by atoms with Gasteiger partial charge in [0.15, 0.2) is 0 Å². The van der Waals surface area contributed by atoms with Crippen LogP contribution in [0.1, 0.15) is 104 Å². The molecule has 3 aliphatic carbocycles. The molecule has 0 N–H and O–H groups in total. The van der Waals surface area contributed by atoms with Crippen LogP contribution in [0.5, 0.6) is 0 Å². The summed E-state index contributed by atoms with van der Waals surface area (Å²) in [6.45, 7) is 8.49. The Morgan fingerprint density at radius 3 is 2.67 bits per heavy atom. The molecule has 4 fully saturated rings. The fraction of sp³-hybridized carbons (Fsp3) is 0.963. The maximum atomic E-state index is 11.7. The minimum atomic E-state index is -0.0426. The number of fused-ring (bicyclic) bond motifs is 1. The van der Waals surface area contributed by atoms with E-state index in [4.69, 9.17) is 9.47 Å². The SMILES string of the molecule is CCC1CC[C@@]2(C)C(CC[C@@H]2[C@H](C)CCC(=O)OC)C1CC[C@H]1CCC[C@@]2(CO2)C1. The van der Waals surface area contributed by atoms with Crippen molar-refractivity contribution in [3.05, 3.63) is 0 Å². The number of hydrogen-bond donors (Lipinski definition) is 0. The molecule has 1 aliphatic heterocycles. The third-order valence-corrected chi connectivity index (χ3v) is 10.3. The van der Waals surface area contributed by atoms with Crippen LogP contribution in [0.15, 0.2) is 0 Å². The second-order valence-corrected chi connectivity index (χ2v) is 11.8. The number of carbonyl (C=O) groups is 1. The third-order valence-electron chi connectivity index (χ3n) is 10.3. The lowest BCUT2D eigenvalue weighted by molar-refractivity contribution is -0.141. The predicted octanol–water partition coefficient (Wildman–Crippen LogP) is 6.78. The van der Waals surface area contributed by atoms with E-state index in [2.05, 4.69) is 20.8 Å². The Labute approximate surface area is 185 Å². The van der Waals surface area contributed by atoms with Gasteiger partial charge in [-0.15, -0.1) is 0 Å². The van der Waals surface area contributed by atoms with Crippen LogP contribution in [0.25, 0.3) is 0 Å². The summed E-state index contributed by atoms with van der Waals surface area (Å²) in [5, 5.41) is 0. The van der Waals surface area contributed by atoms with Crippen molar-refractivity contribution >= 4 is 5.97 Å². The predicted molar refractivity (Wildman–Crippen MR) is 121 cm³/mol. The van der Waals surface area contributed by atoms with Gasteiger partial charge >= 0.3 is 5.97 Å². The standard InChI is InChI=1S/C27H46O3/c1-5-21-14-16-26(3)23(19(2)8-13-25(28)29-4)11-12-24(26)22(21)10-9-20-7-6-15-27(17-20)18-30-27/h19-24H,5-18H2,1-4H3/t19-,20-,21?,22?,23-,24?,26-,27+/m1/s1. The summed E-state index contributed by atoms with van der Waals surface area (Å²) in [4.78, 5) is 11.7. The monoisotopic (exact) mass is 418 g/mol. The van der Waals surface area contributed by atoms with Gasteiger partial charge in [-0.3, -0.25) is 4.79 Å². The van der Waals surface area contributed by atoms with Crippen molar-refractivity contribution in [3.63, 3.8) is 0 Å². The first-order chi connectivity index (χ1) is 14.4. The van der Waals surface area contributed by atoms with Crippen LogP contribution in [-0.2, 0) is 14.3 Å². The van der Waals surface area contributed by atoms with Crippen molar-refractivity contribution in [1.29, 1.82) is 0 Å². The summed E-state index contributed by atoms with van der Waals surface area (Å²) in [6, 6.07) is 0. The molecule has 0 aromatic rings. The molecule has 172 valence electrons. The molecule has 1 spiro atoms. The van der Waals surface area contributed by atoms with Crippen molar-refractivity contribution in [3.8, 4) is 0 Å². The van der Waals surface area contributed by atoms with Crippen molar-refractivity contribution in [2.75, 3.05) is 13.7 Å². The number of methoxy groups -OCH3 is 1. The van der Waals surface area contributed by atoms with Crippen molar-refractivity contribution in [2.45, 2.75) is 110 Å². The summed E-state index contributed by atoms with van der Waals surface area (Å²) in [5.74, 6) is 5.03. The molecule has 8 atom stereocenters. The third kappa shape index (κ3) is 4.48. The molecule has 0 radical (unpaired) electrons. The minimum absolute atomic E-state index is 0.0426. The van der Waals surface area contributed by atoms with Gasteiger partial charge in [-0.1, -0.05) is 46.5 Å². The van der Waals surface area contributed by atoms with Gasteiger partial charge in [0.25, 0.3) is 0 Å². The smallest absolute Gasteiger partial charge is 0.305 e. The lowest BCUT2D eigenvalue weighted by Crippen LogP contribution is -2.43. The highest BCUT2D eigenvalue weighted by Gasteiger charge is 2.54. The molecule has 0 amide bonds. The molecule has 3 nitrogen and oxygen atoms in total. The molecule has 4 aliphatic rings. The van der Waals surface area contributed by atoms with E-state index in [1.807, 2.05) is 0 Å². The Balaban J connectivity index is 1.39. The van der Waals surface area contributed by atoms with Crippen LogP contribution >= 0.6 is 0 Å². The summed E-state index contributed by atoms with van der Waals surface area (Å²) in [5.41, 5.74) is 0.806. The summed E-state index contributed by atoms with van der Waals surface area (Å²) < 4.78 is 10.7. The molecule has 3 unspecified atom stereocenters. The number of esters is 1. The van der Waals surface area contributed by atoms with Crippen LogP contribution in [0.2, 0.25) is 0 Å². The molecular formula is C27H46O3. The number of epoxide rings is 1. The largest absolute Gasteiger partial charge is 0.469 e. The first-order valence-electron chi connectivity index (χ1n) is 13.1. The van der Waals surface area contributed by atoms with E-state index < -0.39 is 0 Å². The molecule has 4 rings (SSSR count). The Kier molecular flexibility index (Phi) is 6.88. The molecule has 3 saturated carbocycles. The van der Waals surface area contributed by atoms with E-state index in [0.717, 1.165) is 42.6 Å². The Morgan fingerprint density at radius 2 is 1.97 bits per heavy atom. The topological polar surface area (TPSA) is 38.8 Å². The van der Waals surface area contributed by atoms with Gasteiger partial charge in [0.2, 0.25) is 0 Å². The van der Waals surface area contributed by atoms with E-state index in [-0.39, 0.29) is 5.97 Å². The number of hydrogen-bond acceptors (Lipinski definition) is 3. The first-order valence-corrected chi connectivity index (χ1v) is 13.1. The van der Waals surface area contributed by atoms with Gasteiger partial charge in [-0.25, -0.2) is 0 Å². The van der Waals surface area contributed by atoms with Crippen molar-refractivity contribution in [2.24, 2.45) is 40.9 Å². The van der Waals surface area contributed by atoms with E-state index in [1.54, 1.807) is 0 Å². The van der Waals surface area contributed by atoms with Crippen molar-refractivity contribution < 1.29 is 14.3 Å². The molecule has 1 saturated heterocycles. The van der Waals surface area contributed by atoms with Crippen LogP contribution in [0, 0.1) is 40.9 Å². The first kappa shape index (κ1) is 22.6. The zero-order chi connectivity index (χ0) is 21.4. The fourth-order valence-electron chi connectivity index (χ4n) is 8.42. The van der Waals surface area contributed by atoms with Crippen LogP contribution < -0.4 is 0 Å². The van der Waals surface area contributed by atoms with E-state index in [0.29, 0.717) is 23.4 Å². The van der Waals surface area contributed by atoms with E-state index in [1.165, 1.54) is 77.7 Å². The van der Waals surface area contributed by atoms with Gasteiger partial charge in [-0.05, 0) is 92.3 Å². The fourth-order valence-corrected chi connectivity index (χ4v) is 8.42. The lowest BCUT2D eigenvalue weighted by Gasteiger charge is -2.50.